The first kappa shape index (κ1) is 18.8. The summed E-state index contributed by atoms with van der Waals surface area (Å²) < 4.78 is 0. The quantitative estimate of drug-likeness (QED) is 0.655. The maximum absolute atomic E-state index is 12.4. The molecule has 0 bridgehead atoms. The monoisotopic (exact) mass is 381 g/mol. The number of carbonyl (C=O) groups is 1. The van der Waals surface area contributed by atoms with Crippen molar-refractivity contribution in [1.82, 2.24) is 20.3 Å². The molecule has 3 rings (SSSR count). The van der Waals surface area contributed by atoms with Gasteiger partial charge in [0, 0.05) is 36.6 Å². The van der Waals surface area contributed by atoms with Crippen LogP contribution in [0.4, 0.5) is 5.82 Å². The Morgan fingerprint density at radius 1 is 1.04 bits per heavy atom. The van der Waals surface area contributed by atoms with E-state index in [1.54, 1.807) is 25.4 Å². The van der Waals surface area contributed by atoms with E-state index in [-0.39, 0.29) is 5.91 Å². The van der Waals surface area contributed by atoms with Gasteiger partial charge in [0.15, 0.2) is 0 Å². The van der Waals surface area contributed by atoms with Crippen LogP contribution in [-0.4, -0.2) is 27.4 Å². The van der Waals surface area contributed by atoms with Crippen LogP contribution in [0.3, 0.4) is 0 Å². The SMILES string of the molecule is Cc1nc(NCc2ccncc2)cc(C(=O)NCCc2ccc(Cl)cc2)n1. The Balaban J connectivity index is 1.57. The molecule has 27 heavy (non-hydrogen) atoms. The highest BCUT2D eigenvalue weighted by Crippen LogP contribution is 2.11. The Hall–Kier alpha value is -2.99. The van der Waals surface area contributed by atoms with Gasteiger partial charge in [-0.1, -0.05) is 23.7 Å². The standard InChI is InChI=1S/C20H20ClN5O/c1-14-25-18(12-19(26-14)24-13-16-6-9-22-10-7-16)20(27)23-11-8-15-2-4-17(21)5-3-15/h2-7,9-10,12H,8,11,13H2,1H3,(H,23,27)(H,24,25,26). The van der Waals surface area contributed by atoms with Crippen molar-refractivity contribution < 1.29 is 4.79 Å². The van der Waals surface area contributed by atoms with Crippen molar-refractivity contribution in [2.24, 2.45) is 0 Å². The number of halogens is 1. The number of anilines is 1. The summed E-state index contributed by atoms with van der Waals surface area (Å²) in [6.45, 7) is 2.88. The second kappa shape index (κ2) is 9.09. The van der Waals surface area contributed by atoms with Crippen molar-refractivity contribution in [1.29, 1.82) is 0 Å². The summed E-state index contributed by atoms with van der Waals surface area (Å²) in [4.78, 5) is 25.0. The normalized spacial score (nSPS) is 10.4. The van der Waals surface area contributed by atoms with Crippen LogP contribution in [0, 0.1) is 6.92 Å². The first-order chi connectivity index (χ1) is 13.1. The number of rotatable bonds is 7. The molecule has 0 saturated heterocycles. The molecule has 0 aliphatic rings. The summed E-state index contributed by atoms with van der Waals surface area (Å²) in [6, 6.07) is 13.1. The molecule has 2 heterocycles. The van der Waals surface area contributed by atoms with Gasteiger partial charge < -0.3 is 10.6 Å². The number of nitrogens with one attached hydrogen (secondary N) is 2. The van der Waals surface area contributed by atoms with E-state index in [4.69, 9.17) is 11.6 Å². The predicted molar refractivity (Wildman–Crippen MR) is 106 cm³/mol. The Morgan fingerprint density at radius 2 is 1.78 bits per heavy atom. The van der Waals surface area contributed by atoms with E-state index in [1.165, 1.54) is 0 Å². The number of pyridine rings is 1. The van der Waals surface area contributed by atoms with Crippen LogP contribution in [0.25, 0.3) is 0 Å². The van der Waals surface area contributed by atoms with Gasteiger partial charge in [-0.05, 0) is 48.7 Å². The average molecular weight is 382 g/mol. The first-order valence-corrected chi connectivity index (χ1v) is 8.99. The van der Waals surface area contributed by atoms with Gasteiger partial charge in [0.05, 0.1) is 0 Å². The summed E-state index contributed by atoms with van der Waals surface area (Å²) >= 11 is 5.88. The molecule has 0 atom stereocenters. The van der Waals surface area contributed by atoms with Crippen molar-refractivity contribution in [3.05, 3.63) is 82.5 Å². The smallest absolute Gasteiger partial charge is 0.270 e. The van der Waals surface area contributed by atoms with Crippen LogP contribution in [-0.2, 0) is 13.0 Å². The lowest BCUT2D eigenvalue weighted by Crippen LogP contribution is -2.27. The fourth-order valence-electron chi connectivity index (χ4n) is 2.53. The summed E-state index contributed by atoms with van der Waals surface area (Å²) in [7, 11) is 0. The minimum absolute atomic E-state index is 0.221. The Morgan fingerprint density at radius 3 is 2.52 bits per heavy atom. The van der Waals surface area contributed by atoms with Crippen LogP contribution in [0.5, 0.6) is 0 Å². The third-order valence-corrected chi connectivity index (χ3v) is 4.16. The van der Waals surface area contributed by atoms with Crippen LogP contribution in [0.2, 0.25) is 5.02 Å². The van der Waals surface area contributed by atoms with E-state index in [2.05, 4.69) is 25.6 Å². The number of amides is 1. The molecule has 6 nitrogen and oxygen atoms in total. The van der Waals surface area contributed by atoms with E-state index in [1.807, 2.05) is 36.4 Å². The highest BCUT2D eigenvalue weighted by atomic mass is 35.5. The molecule has 0 aliphatic carbocycles. The van der Waals surface area contributed by atoms with Gasteiger partial charge in [-0.2, -0.15) is 0 Å². The molecule has 2 aromatic heterocycles. The number of benzene rings is 1. The fourth-order valence-corrected chi connectivity index (χ4v) is 2.66. The molecule has 3 aromatic rings. The number of aryl methyl sites for hydroxylation is 1. The van der Waals surface area contributed by atoms with E-state index in [0.717, 1.165) is 17.5 Å². The van der Waals surface area contributed by atoms with Crippen LogP contribution >= 0.6 is 11.6 Å². The molecule has 7 heteroatoms. The Kier molecular flexibility index (Phi) is 6.33. The molecule has 1 aromatic carbocycles. The van der Waals surface area contributed by atoms with Crippen molar-refractivity contribution in [3.8, 4) is 0 Å². The van der Waals surface area contributed by atoms with E-state index in [9.17, 15) is 4.79 Å². The van der Waals surface area contributed by atoms with Gasteiger partial charge in [0.2, 0.25) is 0 Å². The minimum atomic E-state index is -0.221. The van der Waals surface area contributed by atoms with Crippen LogP contribution < -0.4 is 10.6 Å². The largest absolute Gasteiger partial charge is 0.366 e. The third-order valence-electron chi connectivity index (χ3n) is 3.91. The number of hydrogen-bond acceptors (Lipinski definition) is 5. The van der Waals surface area contributed by atoms with Gasteiger partial charge in [-0.25, -0.2) is 9.97 Å². The average Bonchev–Trinajstić information content (AvgIpc) is 2.68. The molecule has 138 valence electrons. The molecule has 0 aliphatic heterocycles. The fraction of sp³-hybridized carbons (Fsp3) is 0.200. The maximum atomic E-state index is 12.4. The summed E-state index contributed by atoms with van der Waals surface area (Å²) in [5.74, 6) is 0.932. The van der Waals surface area contributed by atoms with Gasteiger partial charge in [-0.3, -0.25) is 9.78 Å². The Bertz CT molecular complexity index is 900. The van der Waals surface area contributed by atoms with Gasteiger partial charge >= 0.3 is 0 Å². The van der Waals surface area contributed by atoms with E-state index >= 15 is 0 Å². The highest BCUT2D eigenvalue weighted by molar-refractivity contribution is 6.30. The number of hydrogen-bond donors (Lipinski definition) is 2. The third kappa shape index (κ3) is 5.76. The van der Waals surface area contributed by atoms with Gasteiger partial charge in [-0.15, -0.1) is 0 Å². The Labute approximate surface area is 163 Å². The molecule has 0 unspecified atom stereocenters. The maximum Gasteiger partial charge on any atom is 0.270 e. The summed E-state index contributed by atoms with van der Waals surface area (Å²) in [5, 5.41) is 6.80. The van der Waals surface area contributed by atoms with Crippen LogP contribution in [0.1, 0.15) is 27.4 Å². The van der Waals surface area contributed by atoms with Crippen molar-refractivity contribution in [2.45, 2.75) is 19.9 Å². The first-order valence-electron chi connectivity index (χ1n) is 8.61. The topological polar surface area (TPSA) is 79.8 Å². The highest BCUT2D eigenvalue weighted by Gasteiger charge is 2.10. The number of carbonyl (C=O) groups excluding carboxylic acids is 1. The molecular weight excluding hydrogens is 362 g/mol. The van der Waals surface area contributed by atoms with Crippen molar-refractivity contribution in [3.63, 3.8) is 0 Å². The lowest BCUT2D eigenvalue weighted by molar-refractivity contribution is 0.0949. The van der Waals surface area contributed by atoms with Crippen molar-refractivity contribution >= 4 is 23.3 Å². The zero-order valence-electron chi connectivity index (χ0n) is 14.9. The molecular formula is C20H20ClN5O. The molecule has 1 amide bonds. The van der Waals surface area contributed by atoms with Crippen molar-refractivity contribution in [2.75, 3.05) is 11.9 Å². The molecule has 2 N–H and O–H groups in total. The summed E-state index contributed by atoms with van der Waals surface area (Å²) in [6.07, 6.45) is 4.20. The lowest BCUT2D eigenvalue weighted by Gasteiger charge is -2.09. The summed E-state index contributed by atoms with van der Waals surface area (Å²) in [5.41, 5.74) is 2.53. The van der Waals surface area contributed by atoms with E-state index in [0.29, 0.717) is 35.4 Å². The molecule has 0 saturated carbocycles. The van der Waals surface area contributed by atoms with Crippen LogP contribution in [0.15, 0.2) is 54.9 Å². The zero-order chi connectivity index (χ0) is 19.1. The predicted octanol–water partition coefficient (Wildman–Crippen LogP) is 3.42. The zero-order valence-corrected chi connectivity index (χ0v) is 15.7. The van der Waals surface area contributed by atoms with Gasteiger partial charge in [0.25, 0.3) is 5.91 Å². The number of nitrogens with zero attached hydrogens (tertiary/aromatic N) is 3. The molecule has 0 radical (unpaired) electrons. The van der Waals surface area contributed by atoms with E-state index < -0.39 is 0 Å². The minimum Gasteiger partial charge on any atom is -0.366 e. The second-order valence-electron chi connectivity index (χ2n) is 6.03. The lowest BCUT2D eigenvalue weighted by atomic mass is 10.1. The van der Waals surface area contributed by atoms with Gasteiger partial charge in [0.1, 0.15) is 17.3 Å². The second-order valence-corrected chi connectivity index (χ2v) is 6.46. The molecule has 0 spiro atoms. The number of aromatic nitrogens is 3. The molecule has 0 fully saturated rings.